The molecule has 26 heavy (non-hydrogen) atoms. The number of alkyl carbamates (subject to hydrolysis) is 1. The SMILES string of the molecule is CC(C)(C)OC(=O)NCC(=O)N1CCN(C(=O)CC2CCOCC2)CC1. The molecule has 2 heterocycles. The zero-order valence-electron chi connectivity index (χ0n) is 16.1. The van der Waals surface area contributed by atoms with Gasteiger partial charge in [0, 0.05) is 45.8 Å². The highest BCUT2D eigenvalue weighted by atomic mass is 16.6. The normalized spacial score (nSPS) is 19.2. The highest BCUT2D eigenvalue weighted by Crippen LogP contribution is 2.20. The standard InChI is InChI=1S/C18H31N3O5/c1-18(2,3)26-17(24)19-13-16(23)21-8-6-20(7-9-21)15(22)12-14-4-10-25-11-5-14/h14H,4-13H2,1-3H3,(H,19,24). The van der Waals surface area contributed by atoms with Gasteiger partial charge >= 0.3 is 6.09 Å². The summed E-state index contributed by atoms with van der Waals surface area (Å²) >= 11 is 0. The number of nitrogens with one attached hydrogen (secondary N) is 1. The van der Waals surface area contributed by atoms with E-state index in [1.54, 1.807) is 25.7 Å². The van der Waals surface area contributed by atoms with Gasteiger partial charge < -0.3 is 24.6 Å². The predicted molar refractivity (Wildman–Crippen MR) is 95.6 cm³/mol. The number of piperazine rings is 1. The van der Waals surface area contributed by atoms with Gasteiger partial charge in [0.2, 0.25) is 11.8 Å². The summed E-state index contributed by atoms with van der Waals surface area (Å²) in [6.07, 6.45) is 1.86. The molecule has 0 unspecified atom stereocenters. The van der Waals surface area contributed by atoms with Crippen molar-refractivity contribution >= 4 is 17.9 Å². The van der Waals surface area contributed by atoms with E-state index in [1.807, 2.05) is 4.90 Å². The van der Waals surface area contributed by atoms with Crippen LogP contribution in [0.2, 0.25) is 0 Å². The molecule has 0 aromatic heterocycles. The highest BCUT2D eigenvalue weighted by Gasteiger charge is 2.27. The maximum atomic E-state index is 12.4. The van der Waals surface area contributed by atoms with E-state index in [4.69, 9.17) is 9.47 Å². The Balaban J connectivity index is 1.67. The molecule has 1 N–H and O–H groups in total. The molecule has 8 nitrogen and oxygen atoms in total. The van der Waals surface area contributed by atoms with Crippen molar-refractivity contribution in [3.8, 4) is 0 Å². The van der Waals surface area contributed by atoms with Gasteiger partial charge in [-0.1, -0.05) is 0 Å². The van der Waals surface area contributed by atoms with Gasteiger partial charge in [0.05, 0.1) is 0 Å². The van der Waals surface area contributed by atoms with Crippen LogP contribution in [0.25, 0.3) is 0 Å². The number of nitrogens with zero attached hydrogens (tertiary/aromatic N) is 2. The minimum absolute atomic E-state index is 0.0923. The molecular formula is C18H31N3O5. The van der Waals surface area contributed by atoms with Crippen molar-refractivity contribution in [3.05, 3.63) is 0 Å². The van der Waals surface area contributed by atoms with Crippen LogP contribution in [0.4, 0.5) is 4.79 Å². The fourth-order valence-electron chi connectivity index (χ4n) is 3.11. The molecule has 148 valence electrons. The lowest BCUT2D eigenvalue weighted by Gasteiger charge is -2.35. The predicted octanol–water partition coefficient (Wildman–Crippen LogP) is 0.999. The van der Waals surface area contributed by atoms with Crippen LogP contribution in [0.1, 0.15) is 40.0 Å². The van der Waals surface area contributed by atoms with E-state index in [0.717, 1.165) is 26.1 Å². The Morgan fingerprint density at radius 3 is 2.08 bits per heavy atom. The fourth-order valence-corrected chi connectivity index (χ4v) is 3.11. The molecule has 0 spiro atoms. The zero-order chi connectivity index (χ0) is 19.2. The molecule has 8 heteroatoms. The second-order valence-corrected chi connectivity index (χ2v) is 7.88. The topological polar surface area (TPSA) is 88.2 Å². The summed E-state index contributed by atoms with van der Waals surface area (Å²) in [7, 11) is 0. The molecule has 2 saturated heterocycles. The van der Waals surface area contributed by atoms with Crippen molar-refractivity contribution in [1.29, 1.82) is 0 Å². The maximum absolute atomic E-state index is 12.4. The molecule has 3 amide bonds. The van der Waals surface area contributed by atoms with Gasteiger partial charge in [0.15, 0.2) is 0 Å². The van der Waals surface area contributed by atoms with E-state index in [2.05, 4.69) is 5.32 Å². The number of hydrogen-bond donors (Lipinski definition) is 1. The first-order valence-corrected chi connectivity index (χ1v) is 9.35. The van der Waals surface area contributed by atoms with Gasteiger partial charge in [-0.25, -0.2) is 4.79 Å². The van der Waals surface area contributed by atoms with Crippen molar-refractivity contribution in [2.24, 2.45) is 5.92 Å². The molecule has 0 aliphatic carbocycles. The van der Waals surface area contributed by atoms with E-state index >= 15 is 0 Å². The van der Waals surface area contributed by atoms with Crippen molar-refractivity contribution < 1.29 is 23.9 Å². The van der Waals surface area contributed by atoms with Crippen LogP contribution in [0.3, 0.4) is 0 Å². The Kier molecular flexibility index (Phi) is 7.25. The molecule has 0 saturated carbocycles. The van der Waals surface area contributed by atoms with Gasteiger partial charge in [0.25, 0.3) is 0 Å². The third kappa shape index (κ3) is 6.82. The van der Waals surface area contributed by atoms with E-state index in [-0.39, 0.29) is 18.4 Å². The number of carbonyl (C=O) groups is 3. The van der Waals surface area contributed by atoms with Gasteiger partial charge in [-0.3, -0.25) is 9.59 Å². The first kappa shape index (κ1) is 20.5. The van der Waals surface area contributed by atoms with Gasteiger partial charge in [-0.15, -0.1) is 0 Å². The molecule has 2 rings (SSSR count). The average Bonchev–Trinajstić information content (AvgIpc) is 2.59. The monoisotopic (exact) mass is 369 g/mol. The van der Waals surface area contributed by atoms with Crippen LogP contribution in [0.15, 0.2) is 0 Å². The minimum Gasteiger partial charge on any atom is -0.444 e. The molecule has 0 atom stereocenters. The number of carbonyl (C=O) groups excluding carboxylic acids is 3. The second kappa shape index (κ2) is 9.21. The summed E-state index contributed by atoms with van der Waals surface area (Å²) in [6, 6.07) is 0. The van der Waals surface area contributed by atoms with Gasteiger partial charge in [-0.05, 0) is 39.5 Å². The first-order valence-electron chi connectivity index (χ1n) is 9.35. The molecule has 0 aromatic carbocycles. The van der Waals surface area contributed by atoms with Crippen LogP contribution in [0.5, 0.6) is 0 Å². The Hall–Kier alpha value is -1.83. The number of amides is 3. The van der Waals surface area contributed by atoms with Crippen molar-refractivity contribution in [1.82, 2.24) is 15.1 Å². The van der Waals surface area contributed by atoms with E-state index < -0.39 is 11.7 Å². The van der Waals surface area contributed by atoms with Crippen molar-refractivity contribution in [2.75, 3.05) is 45.9 Å². The van der Waals surface area contributed by atoms with Crippen LogP contribution in [0, 0.1) is 5.92 Å². The Bertz CT molecular complexity index is 503. The summed E-state index contributed by atoms with van der Waals surface area (Å²) in [5, 5.41) is 2.48. The summed E-state index contributed by atoms with van der Waals surface area (Å²) < 4.78 is 10.4. The van der Waals surface area contributed by atoms with Gasteiger partial charge in [0.1, 0.15) is 12.1 Å². The maximum Gasteiger partial charge on any atom is 0.408 e. The molecule has 2 aliphatic heterocycles. The number of ether oxygens (including phenoxy) is 2. The minimum atomic E-state index is -0.601. The summed E-state index contributed by atoms with van der Waals surface area (Å²) in [5.74, 6) is 0.414. The largest absolute Gasteiger partial charge is 0.444 e. The number of hydrogen-bond acceptors (Lipinski definition) is 5. The lowest BCUT2D eigenvalue weighted by molar-refractivity contribution is -0.140. The molecule has 2 fully saturated rings. The lowest BCUT2D eigenvalue weighted by atomic mass is 9.96. The van der Waals surface area contributed by atoms with Crippen LogP contribution in [-0.2, 0) is 19.1 Å². The lowest BCUT2D eigenvalue weighted by Crippen LogP contribution is -2.53. The Labute approximate surface area is 155 Å². The van der Waals surface area contributed by atoms with Crippen LogP contribution < -0.4 is 5.32 Å². The summed E-state index contributed by atoms with van der Waals surface area (Å²) in [5.41, 5.74) is -0.594. The van der Waals surface area contributed by atoms with E-state index in [0.29, 0.717) is 38.5 Å². The average molecular weight is 369 g/mol. The Morgan fingerprint density at radius 2 is 1.54 bits per heavy atom. The fraction of sp³-hybridized carbons (Fsp3) is 0.833. The smallest absolute Gasteiger partial charge is 0.408 e. The quantitative estimate of drug-likeness (QED) is 0.799. The van der Waals surface area contributed by atoms with E-state index in [9.17, 15) is 14.4 Å². The highest BCUT2D eigenvalue weighted by molar-refractivity contribution is 5.83. The summed E-state index contributed by atoms with van der Waals surface area (Å²) in [4.78, 5) is 39.7. The summed E-state index contributed by atoms with van der Waals surface area (Å²) in [6.45, 7) is 8.77. The third-order valence-corrected chi connectivity index (χ3v) is 4.57. The van der Waals surface area contributed by atoms with Gasteiger partial charge in [-0.2, -0.15) is 0 Å². The number of rotatable bonds is 4. The molecule has 0 bridgehead atoms. The van der Waals surface area contributed by atoms with Crippen LogP contribution >= 0.6 is 0 Å². The van der Waals surface area contributed by atoms with E-state index in [1.165, 1.54) is 0 Å². The van der Waals surface area contributed by atoms with Crippen molar-refractivity contribution in [2.45, 2.75) is 45.6 Å². The van der Waals surface area contributed by atoms with Crippen LogP contribution in [-0.4, -0.2) is 79.2 Å². The second-order valence-electron chi connectivity index (χ2n) is 7.88. The molecule has 0 radical (unpaired) electrons. The molecule has 2 aliphatic rings. The Morgan fingerprint density at radius 1 is 1.00 bits per heavy atom. The third-order valence-electron chi connectivity index (χ3n) is 4.57. The zero-order valence-corrected chi connectivity index (χ0v) is 16.1. The molecular weight excluding hydrogens is 338 g/mol. The van der Waals surface area contributed by atoms with Crippen molar-refractivity contribution in [3.63, 3.8) is 0 Å². The first-order chi connectivity index (χ1) is 12.2. The molecule has 0 aromatic rings.